The van der Waals surface area contributed by atoms with Crippen LogP contribution < -0.4 is 10.0 Å². The van der Waals surface area contributed by atoms with Crippen molar-refractivity contribution in [1.82, 2.24) is 25.0 Å². The van der Waals surface area contributed by atoms with Crippen LogP contribution in [0.25, 0.3) is 0 Å². The van der Waals surface area contributed by atoms with Crippen LogP contribution in [0, 0.1) is 6.92 Å². The first-order valence-corrected chi connectivity index (χ1v) is 8.90. The first-order valence-electron chi connectivity index (χ1n) is 6.60. The number of sulfonamides is 1. The summed E-state index contributed by atoms with van der Waals surface area (Å²) in [5, 5.41) is 10.6. The van der Waals surface area contributed by atoms with Crippen molar-refractivity contribution < 1.29 is 8.42 Å². The molecule has 7 nitrogen and oxygen atoms in total. The lowest BCUT2D eigenvalue weighted by Gasteiger charge is -2.06. The lowest BCUT2D eigenvalue weighted by molar-refractivity contribution is 0.542. The molecular formula is C12H19N5O2S2. The molecule has 0 aliphatic carbocycles. The molecule has 0 aliphatic heterocycles. The van der Waals surface area contributed by atoms with Crippen molar-refractivity contribution in [3.8, 4) is 0 Å². The summed E-state index contributed by atoms with van der Waals surface area (Å²) < 4.78 is 28.9. The fraction of sp³-hybridized carbons (Fsp3) is 0.500. The highest BCUT2D eigenvalue weighted by Crippen LogP contribution is 2.25. The molecule has 0 amide bonds. The molecule has 0 saturated carbocycles. The molecule has 116 valence electrons. The Morgan fingerprint density at radius 2 is 2.24 bits per heavy atom. The number of hydrogen-bond acceptors (Lipinski definition) is 6. The highest BCUT2D eigenvalue weighted by molar-refractivity contribution is 7.89. The second kappa shape index (κ2) is 7.12. The molecule has 2 aromatic rings. The zero-order valence-electron chi connectivity index (χ0n) is 12.0. The van der Waals surface area contributed by atoms with Crippen molar-refractivity contribution >= 4 is 21.4 Å². The van der Waals surface area contributed by atoms with Gasteiger partial charge in [0.25, 0.3) is 0 Å². The highest BCUT2D eigenvalue weighted by atomic mass is 32.2. The third-order valence-electron chi connectivity index (χ3n) is 2.89. The van der Waals surface area contributed by atoms with E-state index in [1.807, 2.05) is 14.0 Å². The van der Waals surface area contributed by atoms with Crippen LogP contribution in [0.1, 0.15) is 16.2 Å². The van der Waals surface area contributed by atoms with Gasteiger partial charge >= 0.3 is 0 Å². The summed E-state index contributed by atoms with van der Waals surface area (Å²) in [7, 11) is -1.60. The largest absolute Gasteiger partial charge is 0.315 e. The fourth-order valence-electron chi connectivity index (χ4n) is 1.93. The molecule has 21 heavy (non-hydrogen) atoms. The average Bonchev–Trinajstić information content (AvgIpc) is 3.05. The number of hydrogen-bond donors (Lipinski definition) is 2. The molecule has 0 aromatic carbocycles. The van der Waals surface area contributed by atoms with Gasteiger partial charge < -0.3 is 5.32 Å². The molecule has 0 saturated heterocycles. The molecular weight excluding hydrogens is 310 g/mol. The first kappa shape index (κ1) is 16.1. The Morgan fingerprint density at radius 3 is 2.90 bits per heavy atom. The van der Waals surface area contributed by atoms with Crippen LogP contribution in [0.4, 0.5) is 0 Å². The van der Waals surface area contributed by atoms with Gasteiger partial charge in [-0.15, -0.1) is 16.4 Å². The molecule has 0 aliphatic rings. The molecule has 0 spiro atoms. The van der Waals surface area contributed by atoms with Crippen molar-refractivity contribution in [3.63, 3.8) is 0 Å². The van der Waals surface area contributed by atoms with Crippen molar-refractivity contribution in [1.29, 1.82) is 0 Å². The maximum absolute atomic E-state index is 12.3. The number of nitrogens with zero attached hydrogens (tertiary/aromatic N) is 3. The number of rotatable bonds is 8. The molecule has 2 N–H and O–H groups in total. The van der Waals surface area contributed by atoms with Crippen molar-refractivity contribution in [3.05, 3.63) is 28.2 Å². The van der Waals surface area contributed by atoms with Gasteiger partial charge in [0, 0.05) is 35.6 Å². The first-order chi connectivity index (χ1) is 10.0. The average molecular weight is 329 g/mol. The van der Waals surface area contributed by atoms with E-state index in [2.05, 4.69) is 20.4 Å². The summed E-state index contributed by atoms with van der Waals surface area (Å²) in [5.74, 6) is 0. The van der Waals surface area contributed by atoms with Crippen LogP contribution in [-0.4, -0.2) is 37.0 Å². The lowest BCUT2D eigenvalue weighted by atomic mass is 10.4. The number of thiophene rings is 1. The van der Waals surface area contributed by atoms with Crippen LogP contribution in [0.15, 0.2) is 23.4 Å². The molecule has 2 rings (SSSR count). The Balaban J connectivity index is 1.91. The maximum Gasteiger partial charge on any atom is 0.241 e. The smallest absolute Gasteiger partial charge is 0.241 e. The van der Waals surface area contributed by atoms with Crippen molar-refractivity contribution in [2.24, 2.45) is 0 Å². The predicted molar refractivity (Wildman–Crippen MR) is 81.6 cm³/mol. The summed E-state index contributed by atoms with van der Waals surface area (Å²) in [6.07, 6.45) is 4.01. The summed E-state index contributed by atoms with van der Waals surface area (Å²) >= 11 is 1.50. The Bertz CT molecular complexity index is 664. The second-order valence-electron chi connectivity index (χ2n) is 4.58. The van der Waals surface area contributed by atoms with Gasteiger partial charge in [-0.1, -0.05) is 5.21 Å². The van der Waals surface area contributed by atoms with Crippen molar-refractivity contribution in [2.45, 2.75) is 31.3 Å². The Morgan fingerprint density at radius 1 is 1.43 bits per heavy atom. The zero-order chi connectivity index (χ0) is 15.3. The quantitative estimate of drug-likeness (QED) is 0.697. The maximum atomic E-state index is 12.3. The number of aryl methyl sites for hydroxylation is 2. The minimum absolute atomic E-state index is 0.374. The minimum atomic E-state index is -3.44. The van der Waals surface area contributed by atoms with Gasteiger partial charge in [-0.3, -0.25) is 4.68 Å². The Labute approximate surface area is 128 Å². The summed E-state index contributed by atoms with van der Waals surface area (Å²) in [6, 6.07) is 1.73. The minimum Gasteiger partial charge on any atom is -0.315 e. The van der Waals surface area contributed by atoms with Gasteiger partial charge in [-0.25, -0.2) is 13.1 Å². The zero-order valence-corrected chi connectivity index (χ0v) is 13.7. The van der Waals surface area contributed by atoms with Crippen LogP contribution in [0.3, 0.4) is 0 Å². The van der Waals surface area contributed by atoms with E-state index in [1.165, 1.54) is 11.3 Å². The molecule has 0 bridgehead atoms. The third-order valence-corrected chi connectivity index (χ3v) is 5.66. The van der Waals surface area contributed by atoms with Crippen LogP contribution in [0.2, 0.25) is 0 Å². The van der Waals surface area contributed by atoms with E-state index in [4.69, 9.17) is 0 Å². The molecule has 0 atom stereocenters. The fourth-order valence-corrected chi connectivity index (χ4v) is 4.65. The van der Waals surface area contributed by atoms with Crippen molar-refractivity contribution in [2.75, 3.05) is 13.6 Å². The summed E-state index contributed by atoms with van der Waals surface area (Å²) in [5.41, 5.74) is 0. The molecule has 9 heteroatoms. The van der Waals surface area contributed by atoms with Gasteiger partial charge in [-0.05, 0) is 26.5 Å². The molecule has 2 aromatic heterocycles. The van der Waals surface area contributed by atoms with E-state index < -0.39 is 10.0 Å². The van der Waals surface area contributed by atoms with E-state index in [9.17, 15) is 8.42 Å². The van der Waals surface area contributed by atoms with E-state index in [0.717, 1.165) is 9.75 Å². The summed E-state index contributed by atoms with van der Waals surface area (Å²) in [6.45, 7) is 3.51. The summed E-state index contributed by atoms with van der Waals surface area (Å²) in [4.78, 5) is 2.19. The van der Waals surface area contributed by atoms with Gasteiger partial charge in [0.15, 0.2) is 0 Å². The van der Waals surface area contributed by atoms with E-state index in [-0.39, 0.29) is 0 Å². The molecule has 0 unspecified atom stereocenters. The standard InChI is InChI=1S/C12H19N5O2S2/c1-10-12(8-11(20-10)9-13-2)21(18,19)15-4-3-6-17-7-5-14-16-17/h5,7-8,13,15H,3-4,6,9H2,1-2H3. The van der Waals surface area contributed by atoms with E-state index >= 15 is 0 Å². The normalized spacial score (nSPS) is 11.9. The van der Waals surface area contributed by atoms with Crippen LogP contribution in [0.5, 0.6) is 0 Å². The predicted octanol–water partition coefficient (Wildman–Crippen LogP) is 0.736. The Kier molecular flexibility index (Phi) is 5.45. The van der Waals surface area contributed by atoms with Crippen LogP contribution >= 0.6 is 11.3 Å². The lowest BCUT2D eigenvalue weighted by Crippen LogP contribution is -2.25. The van der Waals surface area contributed by atoms with Gasteiger partial charge in [-0.2, -0.15) is 0 Å². The monoisotopic (exact) mass is 329 g/mol. The van der Waals surface area contributed by atoms with Gasteiger partial charge in [0.1, 0.15) is 0 Å². The second-order valence-corrected chi connectivity index (χ2v) is 7.66. The van der Waals surface area contributed by atoms with E-state index in [1.54, 1.807) is 23.1 Å². The Hall–Kier alpha value is -1.29. The number of aromatic nitrogens is 3. The highest BCUT2D eigenvalue weighted by Gasteiger charge is 2.19. The molecule has 2 heterocycles. The van der Waals surface area contributed by atoms with Crippen LogP contribution in [-0.2, 0) is 23.1 Å². The SMILES string of the molecule is CNCc1cc(S(=O)(=O)NCCCn2ccnn2)c(C)s1. The topological polar surface area (TPSA) is 88.9 Å². The van der Waals surface area contributed by atoms with Gasteiger partial charge in [0.2, 0.25) is 10.0 Å². The molecule has 0 radical (unpaired) electrons. The van der Waals surface area contributed by atoms with E-state index in [0.29, 0.717) is 31.0 Å². The third kappa shape index (κ3) is 4.34. The molecule has 0 fully saturated rings. The number of nitrogens with one attached hydrogen (secondary N) is 2. The van der Waals surface area contributed by atoms with Gasteiger partial charge in [0.05, 0.1) is 11.1 Å².